The molecule has 0 radical (unpaired) electrons. The van der Waals surface area contributed by atoms with Gasteiger partial charge in [0.25, 0.3) is 0 Å². The molecular formula is C88H66F26N14. The van der Waals surface area contributed by atoms with E-state index >= 15 is 0 Å². The minimum Gasteiger partial charge on any atom is -0.399 e. The molecule has 0 aromatic heterocycles. The van der Waals surface area contributed by atoms with Gasteiger partial charge in [0.2, 0.25) is 0 Å². The number of benzene rings is 14. The van der Waals surface area contributed by atoms with Gasteiger partial charge in [-0.25, -0.2) is 87.8 Å². The van der Waals surface area contributed by atoms with Gasteiger partial charge in [0.05, 0.1) is 56.1 Å². The number of anilines is 14. The van der Waals surface area contributed by atoms with Crippen LogP contribution in [0.25, 0.3) is 77.9 Å². The van der Waals surface area contributed by atoms with E-state index in [-0.39, 0.29) is 50.8 Å². The van der Waals surface area contributed by atoms with Crippen molar-refractivity contribution in [1.82, 2.24) is 0 Å². The Morgan fingerprint density at radius 2 is 0.461 bits per heavy atom. The monoisotopic (exact) mass is 1810 g/mol. The highest BCUT2D eigenvalue weighted by atomic mass is 19.4. The van der Waals surface area contributed by atoms with E-state index in [2.05, 4.69) is 0 Å². The number of hydrogen-bond donors (Lipinski definition) is 14. The zero-order valence-electron chi connectivity index (χ0n) is 65.4. The predicted octanol–water partition coefficient (Wildman–Crippen LogP) is 23.1. The van der Waals surface area contributed by atoms with Crippen molar-refractivity contribution < 1.29 is 114 Å². The smallest absolute Gasteiger partial charge is 0.399 e. The van der Waals surface area contributed by atoms with E-state index in [0.29, 0.717) is 80.4 Å². The molecule has 14 aromatic carbocycles. The third-order valence-electron chi connectivity index (χ3n) is 18.1. The number of aryl methyl sites for hydroxylation is 2. The lowest BCUT2D eigenvalue weighted by Crippen LogP contribution is -2.10. The number of alkyl halides is 6. The average molecular weight is 1810 g/mol. The molecular weight excluding hydrogens is 1750 g/mol. The van der Waals surface area contributed by atoms with Gasteiger partial charge in [-0.2, -0.15) is 26.3 Å². The highest BCUT2D eigenvalue weighted by Crippen LogP contribution is 2.44. The Hall–Kier alpha value is -15.5. The molecule has 14 nitrogen and oxygen atoms in total. The van der Waals surface area contributed by atoms with Crippen LogP contribution >= 0.6 is 0 Å². The second kappa shape index (κ2) is 40.0. The van der Waals surface area contributed by atoms with Crippen LogP contribution in [0.3, 0.4) is 0 Å². The van der Waals surface area contributed by atoms with Gasteiger partial charge in [-0.05, 0) is 204 Å². The standard InChI is InChI=1S/2C14H13F3N2.C12H4F8N2.2C12H8F4N2.2C12H10F2N2/c1-8-6-9(18)2-4-11(8)12-5-3-10(19)7-13(12)14(15,16)17;1-8-6-9(2-4-12(8)18)10-3-5-13(19)11(7-10)14(15,16)17;13-3-1(4(14)8(18)11(21)7(3)17)2-5(15)9(19)12(22)10(20)6(2)16;13-7-3-11(17)9(15)1-5(7)6-2-10(16)12(18)4-8(6)14;13-7-1-5(17)2-8(14)11(7)12-9(15)3-6(18)4-10(12)16;13-11-5-7(15)1-3-9(11)10-4-2-8(16)6-12(10)14;13-9-5-7(1-3-11(9)15)8-2-4-12(16)10(14)6-8/h2*2-7H,18-19H2,1H3;21-22H2;2*1-4H,17-18H2;2*1-6H,15-16H2. The van der Waals surface area contributed by atoms with Crippen molar-refractivity contribution in [2.45, 2.75) is 26.2 Å². The van der Waals surface area contributed by atoms with E-state index < -0.39 is 196 Å². The van der Waals surface area contributed by atoms with Crippen molar-refractivity contribution in [2.24, 2.45) is 0 Å². The first kappa shape index (κ1) is 97.9. The fourth-order valence-corrected chi connectivity index (χ4v) is 11.7. The van der Waals surface area contributed by atoms with Crippen LogP contribution in [0.1, 0.15) is 22.3 Å². The normalized spacial score (nSPS) is 10.9. The van der Waals surface area contributed by atoms with E-state index in [1.165, 1.54) is 66.7 Å². The first-order valence-corrected chi connectivity index (χ1v) is 35.7. The number of rotatable bonds is 7. The fourth-order valence-electron chi connectivity index (χ4n) is 11.7. The third-order valence-corrected chi connectivity index (χ3v) is 18.1. The summed E-state index contributed by atoms with van der Waals surface area (Å²) < 4.78 is 347. The van der Waals surface area contributed by atoms with Crippen LogP contribution in [0, 0.1) is 130 Å². The number of hydrogen-bond acceptors (Lipinski definition) is 14. The number of nitrogens with two attached hydrogens (primary N) is 14. The summed E-state index contributed by atoms with van der Waals surface area (Å²) in [6.45, 7) is 3.53. The Labute approximate surface area is 708 Å². The van der Waals surface area contributed by atoms with E-state index in [1.54, 1.807) is 68.4 Å². The maximum atomic E-state index is 13.6. The second-order valence-electron chi connectivity index (χ2n) is 27.2. The maximum absolute atomic E-state index is 13.6. The molecule has 28 N–H and O–H groups in total. The van der Waals surface area contributed by atoms with Gasteiger partial charge in [-0.1, -0.05) is 36.4 Å². The van der Waals surface area contributed by atoms with Gasteiger partial charge in [0.15, 0.2) is 46.5 Å². The Morgan fingerprint density at radius 3 is 0.789 bits per heavy atom. The van der Waals surface area contributed by atoms with Gasteiger partial charge in [-0.15, -0.1) is 0 Å². The van der Waals surface area contributed by atoms with Crippen molar-refractivity contribution in [3.63, 3.8) is 0 Å². The molecule has 0 heterocycles. The molecule has 0 aliphatic rings. The van der Waals surface area contributed by atoms with Crippen molar-refractivity contribution in [2.75, 3.05) is 80.3 Å². The number of nitrogen functional groups attached to an aromatic ring is 14. The average Bonchev–Trinajstić information content (AvgIpc) is 0.741. The lowest BCUT2D eigenvalue weighted by Gasteiger charge is -2.15. The molecule has 0 bridgehead atoms. The summed E-state index contributed by atoms with van der Waals surface area (Å²) in [6, 6.07) is 40.5. The van der Waals surface area contributed by atoms with E-state index in [4.69, 9.17) is 80.3 Å². The zero-order valence-corrected chi connectivity index (χ0v) is 65.4. The van der Waals surface area contributed by atoms with Crippen LogP contribution in [0.2, 0.25) is 0 Å². The Balaban J connectivity index is 0.000000185. The lowest BCUT2D eigenvalue weighted by atomic mass is 9.95. The van der Waals surface area contributed by atoms with Gasteiger partial charge in [0, 0.05) is 79.9 Å². The topological polar surface area (TPSA) is 364 Å². The van der Waals surface area contributed by atoms with Crippen LogP contribution in [0.15, 0.2) is 194 Å². The van der Waals surface area contributed by atoms with Crippen LogP contribution in [0.5, 0.6) is 0 Å². The summed E-state index contributed by atoms with van der Waals surface area (Å²) in [5.74, 6) is -28.4. The molecule has 0 saturated carbocycles. The molecule has 0 atom stereocenters. The van der Waals surface area contributed by atoms with Crippen molar-refractivity contribution in [3.05, 3.63) is 333 Å². The van der Waals surface area contributed by atoms with E-state index in [9.17, 15) is 114 Å². The molecule has 0 amide bonds. The second-order valence-corrected chi connectivity index (χ2v) is 27.2. The Morgan fingerprint density at radius 1 is 0.180 bits per heavy atom. The quantitative estimate of drug-likeness (QED) is 0.0401. The van der Waals surface area contributed by atoms with Crippen LogP contribution in [-0.2, 0) is 12.4 Å². The molecule has 0 spiro atoms. The first-order valence-electron chi connectivity index (χ1n) is 35.7. The first-order chi connectivity index (χ1) is 59.6. The van der Waals surface area contributed by atoms with Crippen molar-refractivity contribution in [3.8, 4) is 77.9 Å². The van der Waals surface area contributed by atoms with Crippen molar-refractivity contribution >= 4 is 79.6 Å². The molecule has 670 valence electrons. The van der Waals surface area contributed by atoms with Gasteiger partial charge in [-0.3, -0.25) is 0 Å². The van der Waals surface area contributed by atoms with Crippen LogP contribution in [0.4, 0.5) is 194 Å². The maximum Gasteiger partial charge on any atom is 0.418 e. The predicted molar refractivity (Wildman–Crippen MR) is 444 cm³/mol. The van der Waals surface area contributed by atoms with E-state index in [1.807, 2.05) is 0 Å². The summed E-state index contributed by atoms with van der Waals surface area (Å²) >= 11 is 0. The van der Waals surface area contributed by atoms with Crippen molar-refractivity contribution in [1.29, 1.82) is 0 Å². The van der Waals surface area contributed by atoms with Gasteiger partial charge in [0.1, 0.15) is 81.2 Å². The molecule has 128 heavy (non-hydrogen) atoms. The Kier molecular flexibility index (Phi) is 30.6. The summed E-state index contributed by atoms with van der Waals surface area (Å²) in [7, 11) is 0. The van der Waals surface area contributed by atoms with E-state index in [0.717, 1.165) is 54.1 Å². The summed E-state index contributed by atoms with van der Waals surface area (Å²) in [5.41, 5.74) is 67.9. The third kappa shape index (κ3) is 22.9. The van der Waals surface area contributed by atoms with Gasteiger partial charge < -0.3 is 80.3 Å². The molecule has 0 saturated heterocycles. The summed E-state index contributed by atoms with van der Waals surface area (Å²) in [6.07, 6.45) is -8.90. The lowest BCUT2D eigenvalue weighted by molar-refractivity contribution is -0.137. The van der Waals surface area contributed by atoms with Crippen LogP contribution in [-0.4, -0.2) is 0 Å². The molecule has 0 aliphatic heterocycles. The highest BCUT2D eigenvalue weighted by molar-refractivity contribution is 5.78. The molecule has 0 unspecified atom stereocenters. The molecule has 0 fully saturated rings. The molecule has 14 rings (SSSR count). The summed E-state index contributed by atoms with van der Waals surface area (Å²) in [5, 5.41) is 0. The fraction of sp³-hybridized carbons (Fsp3) is 0.0455. The summed E-state index contributed by atoms with van der Waals surface area (Å²) in [4.78, 5) is 0. The van der Waals surface area contributed by atoms with Gasteiger partial charge >= 0.3 is 12.4 Å². The largest absolute Gasteiger partial charge is 0.418 e. The zero-order chi connectivity index (χ0) is 95.6. The molecule has 40 heteroatoms. The minimum atomic E-state index is -4.46. The van der Waals surface area contributed by atoms with Crippen LogP contribution < -0.4 is 80.3 Å². The Bertz CT molecular complexity index is 6170. The molecule has 0 aliphatic carbocycles. The molecule has 14 aromatic rings. The SMILES string of the molecule is Cc1cc(-c2ccc(N)c(C(F)(F)F)c2)ccc1N.Cc1cc(N)ccc1-c1ccc(N)cc1C(F)(F)F.Nc1c(F)c(F)c(-c2c(F)c(F)c(N)c(F)c2F)c(F)c1F.Nc1cc(F)c(-c2c(F)cc(N)cc2F)c(F)c1.Nc1cc(F)c(-c2cc(F)c(N)cc2F)cc1F.Nc1ccc(-c2ccc(N)c(F)c2)cc1F.Nc1ccc(-c2ccc(N)cc2F)c(F)c1. The highest BCUT2D eigenvalue weighted by Gasteiger charge is 2.37. The number of halogens is 26. The minimum absolute atomic E-state index is 0.0691.